The van der Waals surface area contributed by atoms with E-state index < -0.39 is 5.97 Å². The molecule has 1 aromatic carbocycles. The van der Waals surface area contributed by atoms with Crippen LogP contribution in [-0.2, 0) is 11.2 Å². The van der Waals surface area contributed by atoms with Crippen LogP contribution in [0.15, 0.2) is 30.3 Å². The van der Waals surface area contributed by atoms with Crippen LogP contribution in [0.3, 0.4) is 0 Å². The molecule has 1 unspecified atom stereocenters. The van der Waals surface area contributed by atoms with E-state index in [1.165, 1.54) is 19.3 Å². The predicted octanol–water partition coefficient (Wildman–Crippen LogP) is 2.34. The summed E-state index contributed by atoms with van der Waals surface area (Å²) in [6, 6.07) is 10.4. The summed E-state index contributed by atoms with van der Waals surface area (Å²) < 4.78 is 0. The SMILES string of the molecule is O=C(O)CCC(Cc1ccccc1)NC(=O)N1CCN(C2CCC2)CC1. The van der Waals surface area contributed by atoms with E-state index in [4.69, 9.17) is 5.11 Å². The van der Waals surface area contributed by atoms with E-state index in [0.29, 0.717) is 12.8 Å². The monoisotopic (exact) mass is 359 g/mol. The van der Waals surface area contributed by atoms with Gasteiger partial charge in [-0.05, 0) is 31.2 Å². The summed E-state index contributed by atoms with van der Waals surface area (Å²) in [5.74, 6) is -0.827. The molecule has 6 heteroatoms. The maximum absolute atomic E-state index is 12.7. The van der Waals surface area contributed by atoms with E-state index in [2.05, 4.69) is 10.2 Å². The topological polar surface area (TPSA) is 72.9 Å². The molecule has 2 N–H and O–H groups in total. The first-order valence-corrected chi connectivity index (χ1v) is 9.67. The average molecular weight is 359 g/mol. The lowest BCUT2D eigenvalue weighted by atomic mass is 9.91. The van der Waals surface area contributed by atoms with E-state index >= 15 is 0 Å². The molecule has 3 rings (SSSR count). The lowest BCUT2D eigenvalue weighted by Gasteiger charge is -2.43. The largest absolute Gasteiger partial charge is 0.481 e. The standard InChI is InChI=1S/C20H29N3O3/c24-19(25)10-9-17(15-16-5-2-1-3-6-16)21-20(26)23-13-11-22(12-14-23)18-7-4-8-18/h1-3,5-6,17-18H,4,7-15H2,(H,21,26)(H,24,25). The molecule has 2 fully saturated rings. The van der Waals surface area contributed by atoms with E-state index in [1.807, 2.05) is 35.2 Å². The second-order valence-electron chi connectivity index (χ2n) is 7.38. The molecule has 1 atom stereocenters. The van der Waals surface area contributed by atoms with Gasteiger partial charge < -0.3 is 15.3 Å². The first kappa shape index (κ1) is 18.7. The Morgan fingerprint density at radius 3 is 2.38 bits per heavy atom. The van der Waals surface area contributed by atoms with Crippen molar-refractivity contribution >= 4 is 12.0 Å². The highest BCUT2D eigenvalue weighted by Crippen LogP contribution is 2.25. The Kier molecular flexibility index (Phi) is 6.50. The fraction of sp³-hybridized carbons (Fsp3) is 0.600. The third-order valence-electron chi connectivity index (χ3n) is 5.55. The number of urea groups is 1. The molecule has 0 radical (unpaired) electrons. The van der Waals surface area contributed by atoms with Crippen LogP contribution in [0, 0.1) is 0 Å². The average Bonchev–Trinajstić information content (AvgIpc) is 2.59. The number of rotatable bonds is 7. The molecular formula is C20H29N3O3. The molecule has 1 aromatic rings. The summed E-state index contributed by atoms with van der Waals surface area (Å²) >= 11 is 0. The summed E-state index contributed by atoms with van der Waals surface area (Å²) in [6.45, 7) is 3.38. The van der Waals surface area contributed by atoms with Gasteiger partial charge in [0.15, 0.2) is 0 Å². The van der Waals surface area contributed by atoms with Crippen molar-refractivity contribution < 1.29 is 14.7 Å². The van der Waals surface area contributed by atoms with Gasteiger partial charge >= 0.3 is 12.0 Å². The van der Waals surface area contributed by atoms with Crippen molar-refractivity contribution in [2.24, 2.45) is 0 Å². The molecule has 2 amide bonds. The molecule has 0 bridgehead atoms. The van der Waals surface area contributed by atoms with Crippen molar-refractivity contribution in [1.82, 2.24) is 15.1 Å². The maximum atomic E-state index is 12.7. The van der Waals surface area contributed by atoms with Gasteiger partial charge in [-0.15, -0.1) is 0 Å². The zero-order chi connectivity index (χ0) is 18.4. The minimum atomic E-state index is -0.827. The van der Waals surface area contributed by atoms with Crippen molar-refractivity contribution in [2.45, 2.75) is 50.6 Å². The molecule has 1 aliphatic heterocycles. The number of aliphatic carboxylic acids is 1. The van der Waals surface area contributed by atoms with Crippen LogP contribution in [0.4, 0.5) is 4.79 Å². The lowest BCUT2D eigenvalue weighted by molar-refractivity contribution is -0.137. The molecule has 1 saturated carbocycles. The van der Waals surface area contributed by atoms with Gasteiger partial charge in [0.05, 0.1) is 0 Å². The summed E-state index contributed by atoms with van der Waals surface area (Å²) in [5, 5.41) is 12.1. The third kappa shape index (κ3) is 5.21. The van der Waals surface area contributed by atoms with Crippen LogP contribution >= 0.6 is 0 Å². The number of carboxylic acid groups (broad SMARTS) is 1. The summed E-state index contributed by atoms with van der Waals surface area (Å²) in [6.07, 6.45) is 5.07. The van der Waals surface area contributed by atoms with Gasteiger partial charge in [0, 0.05) is 44.7 Å². The number of carbonyl (C=O) groups excluding carboxylic acids is 1. The molecule has 2 aliphatic rings. The predicted molar refractivity (Wildman–Crippen MR) is 100 cm³/mol. The van der Waals surface area contributed by atoms with Crippen molar-refractivity contribution in [3.05, 3.63) is 35.9 Å². The van der Waals surface area contributed by atoms with Crippen molar-refractivity contribution in [2.75, 3.05) is 26.2 Å². The van der Waals surface area contributed by atoms with Gasteiger partial charge in [0.25, 0.3) is 0 Å². The van der Waals surface area contributed by atoms with E-state index in [1.54, 1.807) is 0 Å². The zero-order valence-electron chi connectivity index (χ0n) is 15.3. The summed E-state index contributed by atoms with van der Waals surface area (Å²) in [7, 11) is 0. The van der Waals surface area contributed by atoms with Crippen molar-refractivity contribution in [1.29, 1.82) is 0 Å². The van der Waals surface area contributed by atoms with Gasteiger partial charge in [-0.1, -0.05) is 36.8 Å². The van der Waals surface area contributed by atoms with E-state index in [0.717, 1.165) is 37.8 Å². The molecule has 142 valence electrons. The number of carboxylic acids is 1. The molecular weight excluding hydrogens is 330 g/mol. The highest BCUT2D eigenvalue weighted by molar-refractivity contribution is 5.75. The highest BCUT2D eigenvalue weighted by Gasteiger charge is 2.29. The highest BCUT2D eigenvalue weighted by atomic mass is 16.4. The van der Waals surface area contributed by atoms with Gasteiger partial charge in [0.1, 0.15) is 0 Å². The second-order valence-corrected chi connectivity index (χ2v) is 7.38. The molecule has 1 aliphatic carbocycles. The summed E-state index contributed by atoms with van der Waals surface area (Å²) in [5.41, 5.74) is 1.11. The number of carbonyl (C=O) groups is 2. The number of piperazine rings is 1. The minimum absolute atomic E-state index is 0.0627. The second kappa shape index (κ2) is 9.03. The Hall–Kier alpha value is -2.08. The van der Waals surface area contributed by atoms with Crippen molar-refractivity contribution in [3.63, 3.8) is 0 Å². The Morgan fingerprint density at radius 1 is 1.12 bits per heavy atom. The number of benzene rings is 1. The van der Waals surface area contributed by atoms with Crippen LogP contribution < -0.4 is 5.32 Å². The number of hydrogen-bond acceptors (Lipinski definition) is 3. The van der Waals surface area contributed by atoms with Crippen LogP contribution in [0.1, 0.15) is 37.7 Å². The van der Waals surface area contributed by atoms with Gasteiger partial charge in [-0.3, -0.25) is 9.69 Å². The lowest BCUT2D eigenvalue weighted by Crippen LogP contribution is -2.56. The van der Waals surface area contributed by atoms with Crippen LogP contribution in [-0.4, -0.2) is 65.2 Å². The van der Waals surface area contributed by atoms with Crippen LogP contribution in [0.2, 0.25) is 0 Å². The van der Waals surface area contributed by atoms with Crippen LogP contribution in [0.5, 0.6) is 0 Å². The van der Waals surface area contributed by atoms with Crippen molar-refractivity contribution in [3.8, 4) is 0 Å². The molecule has 1 heterocycles. The third-order valence-corrected chi connectivity index (χ3v) is 5.55. The first-order valence-electron chi connectivity index (χ1n) is 9.67. The fourth-order valence-corrected chi connectivity index (χ4v) is 3.73. The van der Waals surface area contributed by atoms with E-state index in [-0.39, 0.29) is 18.5 Å². The molecule has 26 heavy (non-hydrogen) atoms. The Labute approximate surface area is 155 Å². The normalized spacial score (nSPS) is 19.6. The number of amides is 2. The Balaban J connectivity index is 1.51. The quantitative estimate of drug-likeness (QED) is 0.784. The first-order chi connectivity index (χ1) is 12.6. The molecule has 0 aromatic heterocycles. The molecule has 1 saturated heterocycles. The Morgan fingerprint density at radius 2 is 1.81 bits per heavy atom. The zero-order valence-corrected chi connectivity index (χ0v) is 15.3. The van der Waals surface area contributed by atoms with Crippen LogP contribution in [0.25, 0.3) is 0 Å². The molecule has 6 nitrogen and oxygen atoms in total. The smallest absolute Gasteiger partial charge is 0.317 e. The maximum Gasteiger partial charge on any atom is 0.317 e. The fourth-order valence-electron chi connectivity index (χ4n) is 3.73. The van der Waals surface area contributed by atoms with Gasteiger partial charge in [0.2, 0.25) is 0 Å². The summed E-state index contributed by atoms with van der Waals surface area (Å²) in [4.78, 5) is 28.0. The molecule has 0 spiro atoms. The minimum Gasteiger partial charge on any atom is -0.481 e. The number of nitrogens with one attached hydrogen (secondary N) is 1. The number of hydrogen-bond donors (Lipinski definition) is 2. The van der Waals surface area contributed by atoms with Gasteiger partial charge in [-0.2, -0.15) is 0 Å². The van der Waals surface area contributed by atoms with E-state index in [9.17, 15) is 9.59 Å². The van der Waals surface area contributed by atoms with Gasteiger partial charge in [-0.25, -0.2) is 4.79 Å². The number of nitrogens with zero attached hydrogens (tertiary/aromatic N) is 2. The Bertz CT molecular complexity index is 596.